The summed E-state index contributed by atoms with van der Waals surface area (Å²) in [6.45, 7) is 9.61. The Morgan fingerprint density at radius 1 is 1.40 bits per heavy atom. The van der Waals surface area contributed by atoms with Crippen LogP contribution < -0.4 is 5.32 Å². The van der Waals surface area contributed by atoms with Crippen LogP contribution in [0.3, 0.4) is 0 Å². The van der Waals surface area contributed by atoms with Crippen molar-refractivity contribution in [2.24, 2.45) is 11.3 Å². The van der Waals surface area contributed by atoms with Crippen molar-refractivity contribution in [3.05, 3.63) is 0 Å². The Kier molecular flexibility index (Phi) is 4.60. The van der Waals surface area contributed by atoms with Gasteiger partial charge in [0.25, 0.3) is 0 Å². The Labute approximate surface area is 94.5 Å². The summed E-state index contributed by atoms with van der Waals surface area (Å²) >= 11 is 0. The van der Waals surface area contributed by atoms with E-state index in [1.807, 2.05) is 6.92 Å². The molecule has 2 nitrogen and oxygen atoms in total. The molecule has 15 heavy (non-hydrogen) atoms. The normalized spacial score (nSPS) is 21.4. The molecule has 1 rings (SSSR count). The molecule has 2 N–H and O–H groups in total. The second-order valence-corrected chi connectivity index (χ2v) is 5.95. The molecule has 0 saturated heterocycles. The van der Waals surface area contributed by atoms with Crippen LogP contribution in [0.25, 0.3) is 0 Å². The van der Waals surface area contributed by atoms with Gasteiger partial charge in [0.05, 0.1) is 6.10 Å². The van der Waals surface area contributed by atoms with E-state index in [9.17, 15) is 5.11 Å². The second-order valence-electron chi connectivity index (χ2n) is 5.95. The third kappa shape index (κ3) is 4.98. The van der Waals surface area contributed by atoms with Gasteiger partial charge in [-0.15, -0.1) is 0 Å². The maximum atomic E-state index is 9.40. The van der Waals surface area contributed by atoms with E-state index in [0.717, 1.165) is 18.9 Å². The van der Waals surface area contributed by atoms with Crippen LogP contribution in [0, 0.1) is 11.3 Å². The lowest BCUT2D eigenvalue weighted by molar-refractivity contribution is 0.125. The van der Waals surface area contributed by atoms with Crippen molar-refractivity contribution in [2.45, 2.75) is 65.5 Å². The Balaban J connectivity index is 2.26. The van der Waals surface area contributed by atoms with Gasteiger partial charge >= 0.3 is 0 Å². The predicted octanol–water partition coefficient (Wildman–Crippen LogP) is 2.56. The lowest BCUT2D eigenvalue weighted by Gasteiger charge is -2.29. The molecule has 2 heteroatoms. The van der Waals surface area contributed by atoms with Crippen molar-refractivity contribution >= 4 is 0 Å². The minimum Gasteiger partial charge on any atom is -0.393 e. The van der Waals surface area contributed by atoms with Gasteiger partial charge in [0.15, 0.2) is 0 Å². The zero-order valence-electron chi connectivity index (χ0n) is 10.7. The molecule has 1 saturated carbocycles. The Morgan fingerprint density at radius 3 is 2.40 bits per heavy atom. The van der Waals surface area contributed by atoms with E-state index in [1.165, 1.54) is 19.3 Å². The van der Waals surface area contributed by atoms with Gasteiger partial charge in [-0.2, -0.15) is 0 Å². The van der Waals surface area contributed by atoms with Crippen LogP contribution in [-0.4, -0.2) is 23.8 Å². The van der Waals surface area contributed by atoms with Gasteiger partial charge in [0.1, 0.15) is 0 Å². The molecular formula is C13H27NO. The van der Waals surface area contributed by atoms with Crippen molar-refractivity contribution in [3.63, 3.8) is 0 Å². The number of hydrogen-bond donors (Lipinski definition) is 2. The monoisotopic (exact) mass is 213 g/mol. The molecule has 2 atom stereocenters. The third-order valence-electron chi connectivity index (χ3n) is 3.32. The van der Waals surface area contributed by atoms with E-state index in [1.54, 1.807) is 0 Å². The van der Waals surface area contributed by atoms with E-state index >= 15 is 0 Å². The molecule has 0 aromatic rings. The van der Waals surface area contributed by atoms with Crippen molar-refractivity contribution in [2.75, 3.05) is 6.54 Å². The van der Waals surface area contributed by atoms with Crippen LogP contribution in [-0.2, 0) is 0 Å². The van der Waals surface area contributed by atoms with E-state index in [0.29, 0.717) is 6.04 Å². The molecule has 1 aliphatic carbocycles. The maximum Gasteiger partial charge on any atom is 0.0517 e. The molecule has 0 radical (unpaired) electrons. The summed E-state index contributed by atoms with van der Waals surface area (Å²) < 4.78 is 0. The minimum absolute atomic E-state index is 0.192. The topological polar surface area (TPSA) is 32.3 Å². The largest absolute Gasteiger partial charge is 0.393 e. The van der Waals surface area contributed by atoms with Crippen LogP contribution >= 0.6 is 0 Å². The highest BCUT2D eigenvalue weighted by atomic mass is 16.3. The van der Waals surface area contributed by atoms with E-state index in [4.69, 9.17) is 0 Å². The lowest BCUT2D eigenvalue weighted by Crippen LogP contribution is -2.39. The molecule has 90 valence electrons. The van der Waals surface area contributed by atoms with Crippen LogP contribution in [0.2, 0.25) is 0 Å². The van der Waals surface area contributed by atoms with Crippen molar-refractivity contribution in [1.82, 2.24) is 5.32 Å². The highest BCUT2D eigenvalue weighted by Crippen LogP contribution is 2.34. The molecule has 0 aromatic carbocycles. The minimum atomic E-state index is -0.192. The Bertz CT molecular complexity index is 185. The summed E-state index contributed by atoms with van der Waals surface area (Å²) in [5.74, 6) is 0.928. The molecule has 0 aromatic heterocycles. The molecule has 0 amide bonds. The van der Waals surface area contributed by atoms with Crippen LogP contribution in [0.15, 0.2) is 0 Å². The first kappa shape index (κ1) is 13.0. The summed E-state index contributed by atoms with van der Waals surface area (Å²) in [7, 11) is 0. The fourth-order valence-corrected chi connectivity index (χ4v) is 2.42. The van der Waals surface area contributed by atoms with Crippen LogP contribution in [0.4, 0.5) is 0 Å². The molecule has 2 unspecified atom stereocenters. The number of aliphatic hydroxyl groups is 1. The number of aliphatic hydroxyl groups excluding tert-OH is 1. The lowest BCUT2D eigenvalue weighted by atomic mass is 9.86. The SMILES string of the molecule is CCC(NCC(C)(C)CC(C)O)C1CC1. The van der Waals surface area contributed by atoms with Gasteiger partial charge in [0, 0.05) is 12.6 Å². The van der Waals surface area contributed by atoms with E-state index in [-0.39, 0.29) is 11.5 Å². The van der Waals surface area contributed by atoms with Gasteiger partial charge in [-0.3, -0.25) is 0 Å². The first-order valence-corrected chi connectivity index (χ1v) is 6.36. The third-order valence-corrected chi connectivity index (χ3v) is 3.32. The molecule has 0 spiro atoms. The van der Waals surface area contributed by atoms with E-state index < -0.39 is 0 Å². The molecule has 0 aliphatic heterocycles. The van der Waals surface area contributed by atoms with E-state index in [2.05, 4.69) is 26.1 Å². The van der Waals surface area contributed by atoms with Crippen molar-refractivity contribution in [1.29, 1.82) is 0 Å². The smallest absolute Gasteiger partial charge is 0.0517 e. The molecule has 1 aliphatic rings. The first-order chi connectivity index (χ1) is 6.94. The fourth-order valence-electron chi connectivity index (χ4n) is 2.42. The quantitative estimate of drug-likeness (QED) is 0.681. The highest BCUT2D eigenvalue weighted by Gasteiger charge is 2.31. The van der Waals surface area contributed by atoms with Gasteiger partial charge in [-0.25, -0.2) is 0 Å². The number of nitrogens with one attached hydrogen (secondary N) is 1. The highest BCUT2D eigenvalue weighted by molar-refractivity contribution is 4.87. The second kappa shape index (κ2) is 5.31. The Hall–Kier alpha value is -0.0800. The average molecular weight is 213 g/mol. The summed E-state index contributed by atoms with van der Waals surface area (Å²) in [5.41, 5.74) is 0.205. The van der Waals surface area contributed by atoms with Crippen LogP contribution in [0.5, 0.6) is 0 Å². The summed E-state index contributed by atoms with van der Waals surface area (Å²) in [6, 6.07) is 0.707. The zero-order chi connectivity index (χ0) is 11.5. The zero-order valence-corrected chi connectivity index (χ0v) is 10.7. The average Bonchev–Trinajstić information content (AvgIpc) is 2.86. The summed E-state index contributed by atoms with van der Waals surface area (Å²) in [5, 5.41) is 13.1. The van der Waals surface area contributed by atoms with Gasteiger partial charge < -0.3 is 10.4 Å². The van der Waals surface area contributed by atoms with Crippen molar-refractivity contribution < 1.29 is 5.11 Å². The number of rotatable bonds is 7. The summed E-state index contributed by atoms with van der Waals surface area (Å²) in [6.07, 6.45) is 4.73. The first-order valence-electron chi connectivity index (χ1n) is 6.36. The van der Waals surface area contributed by atoms with Gasteiger partial charge in [0.2, 0.25) is 0 Å². The molecule has 1 fully saturated rings. The molecule has 0 bridgehead atoms. The maximum absolute atomic E-state index is 9.40. The van der Waals surface area contributed by atoms with Gasteiger partial charge in [-0.05, 0) is 43.9 Å². The molecular weight excluding hydrogens is 186 g/mol. The number of hydrogen-bond acceptors (Lipinski definition) is 2. The molecule has 0 heterocycles. The standard InChI is InChI=1S/C13H27NO/c1-5-12(11-6-7-11)14-9-13(3,4)8-10(2)15/h10-12,14-15H,5-9H2,1-4H3. The van der Waals surface area contributed by atoms with Crippen molar-refractivity contribution in [3.8, 4) is 0 Å². The fraction of sp³-hybridized carbons (Fsp3) is 1.00. The van der Waals surface area contributed by atoms with Crippen LogP contribution in [0.1, 0.15) is 53.4 Å². The summed E-state index contributed by atoms with van der Waals surface area (Å²) in [4.78, 5) is 0. The Morgan fingerprint density at radius 2 is 2.00 bits per heavy atom. The van der Waals surface area contributed by atoms with Gasteiger partial charge in [-0.1, -0.05) is 20.8 Å². The predicted molar refractivity (Wildman–Crippen MR) is 64.9 cm³/mol.